The van der Waals surface area contributed by atoms with Gasteiger partial charge in [-0.15, -0.1) is 0 Å². The van der Waals surface area contributed by atoms with E-state index in [-0.39, 0.29) is 12.1 Å². The maximum absolute atomic E-state index is 14.2. The van der Waals surface area contributed by atoms with Crippen LogP contribution in [0.15, 0.2) is 18.2 Å². The molecule has 1 fully saturated rings. The molecule has 0 aliphatic carbocycles. The van der Waals surface area contributed by atoms with Crippen LogP contribution < -0.4 is 5.32 Å². The maximum Gasteiger partial charge on any atom is 0.343 e. The summed E-state index contributed by atoms with van der Waals surface area (Å²) < 4.78 is 28.4. The van der Waals surface area contributed by atoms with Crippen molar-refractivity contribution in [1.29, 1.82) is 0 Å². The lowest BCUT2D eigenvalue weighted by molar-refractivity contribution is -0.133. The zero-order valence-electron chi connectivity index (χ0n) is 18.1. The topological polar surface area (TPSA) is 76.1 Å². The van der Waals surface area contributed by atoms with E-state index < -0.39 is 35.4 Å². The quantitative estimate of drug-likeness (QED) is 0.351. The highest BCUT2D eigenvalue weighted by Gasteiger charge is 2.55. The van der Waals surface area contributed by atoms with E-state index in [1.165, 1.54) is 15.9 Å². The molecule has 4 amide bonds. The van der Waals surface area contributed by atoms with Gasteiger partial charge in [0.15, 0.2) is 6.17 Å². The first-order valence-corrected chi connectivity index (χ1v) is 10.4. The van der Waals surface area contributed by atoms with E-state index in [0.717, 1.165) is 31.4 Å². The second-order valence-electron chi connectivity index (χ2n) is 8.07. The van der Waals surface area contributed by atoms with E-state index in [1.54, 1.807) is 13.8 Å². The molecule has 0 bridgehead atoms. The first-order chi connectivity index (χ1) is 14.2. The lowest BCUT2D eigenvalue weighted by Crippen LogP contribution is -2.59. The van der Waals surface area contributed by atoms with Gasteiger partial charge in [0.1, 0.15) is 11.6 Å². The number of halogens is 2. The van der Waals surface area contributed by atoms with Crippen molar-refractivity contribution in [2.75, 3.05) is 13.1 Å². The zero-order valence-corrected chi connectivity index (χ0v) is 18.1. The smallest absolute Gasteiger partial charge is 0.336 e. The van der Waals surface area contributed by atoms with Crippen molar-refractivity contribution < 1.29 is 23.6 Å². The third kappa shape index (κ3) is 4.83. The molecule has 0 aromatic heterocycles. The number of rotatable bonds is 9. The Morgan fingerprint density at radius 3 is 2.37 bits per heavy atom. The monoisotopic (exact) mass is 426 g/mol. The number of amides is 4. The van der Waals surface area contributed by atoms with Gasteiger partial charge in [0.25, 0.3) is 0 Å². The van der Waals surface area contributed by atoms with Gasteiger partial charge in [-0.05, 0) is 38.8 Å². The maximum atomic E-state index is 14.2. The zero-order chi connectivity index (χ0) is 22.5. The molecule has 168 valence electrons. The van der Waals surface area contributed by atoms with Crippen LogP contribution in [-0.2, 0) is 6.54 Å². The number of nitrogens with zero attached hydrogens (tertiary/aromatic N) is 3. The highest BCUT2D eigenvalue weighted by Crippen LogP contribution is 2.36. The number of urea groups is 2. The number of unbranched alkanes of at least 4 members (excludes halogenated alkanes) is 2. The van der Waals surface area contributed by atoms with Gasteiger partial charge in [0, 0.05) is 18.7 Å². The van der Waals surface area contributed by atoms with Gasteiger partial charge in [0.2, 0.25) is 0 Å². The Hall–Kier alpha value is -2.42. The fourth-order valence-electron chi connectivity index (χ4n) is 3.68. The predicted octanol–water partition coefficient (Wildman–Crippen LogP) is 4.31. The number of hydrogen-bond donors (Lipinski definition) is 2. The second kappa shape index (κ2) is 10.1. The summed E-state index contributed by atoms with van der Waals surface area (Å²) in [6.45, 7) is 7.67. The fraction of sp³-hybridized carbons (Fsp3) is 0.619. The minimum absolute atomic E-state index is 0.230. The van der Waals surface area contributed by atoms with Gasteiger partial charge in [-0.3, -0.25) is 10.1 Å². The molecule has 0 saturated carbocycles. The molecule has 1 heterocycles. The van der Waals surface area contributed by atoms with Crippen molar-refractivity contribution in [3.05, 3.63) is 35.4 Å². The average Bonchev–Trinajstić information content (AvgIpc) is 2.87. The summed E-state index contributed by atoms with van der Waals surface area (Å²) >= 11 is 0. The number of carbonyl (C=O) groups is 2. The number of hydrogen-bond acceptors (Lipinski definition) is 3. The molecule has 2 rings (SSSR count). The summed E-state index contributed by atoms with van der Waals surface area (Å²) in [6.07, 6.45) is 2.08. The molecule has 30 heavy (non-hydrogen) atoms. The van der Waals surface area contributed by atoms with E-state index >= 15 is 0 Å². The first-order valence-electron chi connectivity index (χ1n) is 10.4. The molecule has 1 aromatic carbocycles. The van der Waals surface area contributed by atoms with Gasteiger partial charge >= 0.3 is 12.1 Å². The molecule has 1 aliphatic rings. The van der Waals surface area contributed by atoms with Gasteiger partial charge in [-0.1, -0.05) is 32.8 Å². The first kappa shape index (κ1) is 23.9. The SMILES string of the molecule is CCCCNC(=O)N(O)[C@H]1N(CCCC)C(=O)N(Cc2c(F)cccc2F)C1(C)C. The summed E-state index contributed by atoms with van der Waals surface area (Å²) in [5.74, 6) is -1.50. The van der Waals surface area contributed by atoms with Crippen LogP contribution in [0.1, 0.15) is 58.9 Å². The van der Waals surface area contributed by atoms with Crippen LogP contribution in [0.4, 0.5) is 18.4 Å². The average molecular weight is 427 g/mol. The minimum Gasteiger partial charge on any atom is -0.336 e. The Morgan fingerprint density at radius 1 is 1.20 bits per heavy atom. The minimum atomic E-state index is -1.10. The van der Waals surface area contributed by atoms with Gasteiger partial charge in [0.05, 0.1) is 12.1 Å². The van der Waals surface area contributed by atoms with Crippen LogP contribution in [0.5, 0.6) is 0 Å². The molecular formula is C21H32F2N4O3. The van der Waals surface area contributed by atoms with Gasteiger partial charge < -0.3 is 10.2 Å². The normalized spacial score (nSPS) is 18.1. The number of hydroxylamine groups is 2. The van der Waals surface area contributed by atoms with E-state index in [2.05, 4.69) is 5.32 Å². The van der Waals surface area contributed by atoms with Crippen molar-refractivity contribution >= 4 is 12.1 Å². The molecule has 1 aliphatic heterocycles. The van der Waals surface area contributed by atoms with Crippen LogP contribution in [0.25, 0.3) is 0 Å². The molecule has 1 saturated heterocycles. The van der Waals surface area contributed by atoms with Crippen molar-refractivity contribution in [1.82, 2.24) is 20.2 Å². The fourth-order valence-corrected chi connectivity index (χ4v) is 3.68. The Bertz CT molecular complexity index is 740. The summed E-state index contributed by atoms with van der Waals surface area (Å²) in [4.78, 5) is 28.4. The summed E-state index contributed by atoms with van der Waals surface area (Å²) in [6, 6.07) is 2.34. The third-order valence-electron chi connectivity index (χ3n) is 5.48. The molecule has 1 atom stereocenters. The van der Waals surface area contributed by atoms with Gasteiger partial charge in [-0.2, -0.15) is 5.06 Å². The molecule has 1 aromatic rings. The van der Waals surface area contributed by atoms with Crippen molar-refractivity contribution in [3.63, 3.8) is 0 Å². The van der Waals surface area contributed by atoms with E-state index in [4.69, 9.17) is 0 Å². The molecular weight excluding hydrogens is 394 g/mol. The molecule has 0 unspecified atom stereocenters. The predicted molar refractivity (Wildman–Crippen MR) is 109 cm³/mol. The largest absolute Gasteiger partial charge is 0.343 e. The summed E-state index contributed by atoms with van der Waals surface area (Å²) in [7, 11) is 0. The standard InChI is InChI=1S/C21H32F2N4O3/c1-5-7-12-24-19(28)27(30)18-21(3,4)26(20(29)25(18)13-8-6-2)14-15-16(22)10-9-11-17(15)23/h9-11,18,30H,5-8,12-14H2,1-4H3,(H,24,28)/t18-/m1/s1. The van der Waals surface area contributed by atoms with Crippen LogP contribution in [0, 0.1) is 11.6 Å². The molecule has 0 spiro atoms. The Labute approximate surface area is 176 Å². The Morgan fingerprint density at radius 2 is 1.80 bits per heavy atom. The van der Waals surface area contributed by atoms with Crippen LogP contribution >= 0.6 is 0 Å². The summed E-state index contributed by atoms with van der Waals surface area (Å²) in [5, 5.41) is 13.8. The Balaban J connectivity index is 2.34. The molecule has 0 radical (unpaired) electrons. The third-order valence-corrected chi connectivity index (χ3v) is 5.48. The summed E-state index contributed by atoms with van der Waals surface area (Å²) in [5.41, 5.74) is -1.33. The molecule has 2 N–H and O–H groups in total. The van der Waals surface area contributed by atoms with Crippen molar-refractivity contribution in [2.24, 2.45) is 0 Å². The molecule has 9 heteroatoms. The lowest BCUT2D eigenvalue weighted by Gasteiger charge is -2.38. The lowest BCUT2D eigenvalue weighted by atomic mass is 9.99. The van der Waals surface area contributed by atoms with E-state index in [9.17, 15) is 23.6 Å². The number of carbonyl (C=O) groups excluding carboxylic acids is 2. The van der Waals surface area contributed by atoms with Gasteiger partial charge in [-0.25, -0.2) is 18.4 Å². The number of benzene rings is 1. The van der Waals surface area contributed by atoms with Crippen LogP contribution in [0.2, 0.25) is 0 Å². The highest BCUT2D eigenvalue weighted by molar-refractivity contribution is 5.81. The van der Waals surface area contributed by atoms with Crippen LogP contribution in [-0.4, -0.2) is 56.9 Å². The Kier molecular flexibility index (Phi) is 8.00. The second-order valence-corrected chi connectivity index (χ2v) is 8.07. The number of nitrogens with one attached hydrogen (secondary N) is 1. The van der Waals surface area contributed by atoms with E-state index in [1.807, 2.05) is 13.8 Å². The van der Waals surface area contributed by atoms with Crippen molar-refractivity contribution in [3.8, 4) is 0 Å². The highest BCUT2D eigenvalue weighted by atomic mass is 19.1. The van der Waals surface area contributed by atoms with Crippen LogP contribution in [0.3, 0.4) is 0 Å². The van der Waals surface area contributed by atoms with E-state index in [0.29, 0.717) is 24.6 Å². The molecule has 7 nitrogen and oxygen atoms in total. The van der Waals surface area contributed by atoms with Crippen molar-refractivity contribution in [2.45, 2.75) is 71.6 Å².